The molecule has 7 nitrogen and oxygen atoms in total. The molecule has 0 spiro atoms. The molecule has 1 heterocycles. The van der Waals surface area contributed by atoms with Crippen molar-refractivity contribution in [2.45, 2.75) is 32.4 Å². The lowest BCUT2D eigenvalue weighted by Gasteiger charge is -2.40. The van der Waals surface area contributed by atoms with E-state index >= 15 is 0 Å². The summed E-state index contributed by atoms with van der Waals surface area (Å²) in [5, 5.41) is 9.37. The third-order valence-corrected chi connectivity index (χ3v) is 5.85. The summed E-state index contributed by atoms with van der Waals surface area (Å²) in [5.74, 6) is 0. The van der Waals surface area contributed by atoms with Gasteiger partial charge in [-0.3, -0.25) is 4.90 Å². The van der Waals surface area contributed by atoms with E-state index in [-0.39, 0.29) is 12.6 Å². The van der Waals surface area contributed by atoms with E-state index in [1.807, 2.05) is 20.8 Å². The molecule has 0 saturated carbocycles. The summed E-state index contributed by atoms with van der Waals surface area (Å²) >= 11 is 0. The van der Waals surface area contributed by atoms with E-state index in [4.69, 9.17) is 4.74 Å². The monoisotopic (exact) mass is 323 g/mol. The van der Waals surface area contributed by atoms with Gasteiger partial charge in [0, 0.05) is 39.3 Å². The predicted octanol–water partition coefficient (Wildman–Crippen LogP) is -0.414. The number of ether oxygens (including phenoxy) is 1. The van der Waals surface area contributed by atoms with Gasteiger partial charge in [0.2, 0.25) is 0 Å². The Morgan fingerprint density at radius 3 is 2.43 bits per heavy atom. The Bertz CT molecular complexity index is 420. The molecule has 1 unspecified atom stereocenters. The van der Waals surface area contributed by atoms with Gasteiger partial charge in [0.25, 0.3) is 10.2 Å². The molecule has 1 N–H and O–H groups in total. The Kier molecular flexibility index (Phi) is 6.57. The molecule has 0 radical (unpaired) electrons. The maximum atomic E-state index is 12.5. The Morgan fingerprint density at radius 2 is 1.95 bits per heavy atom. The number of aliphatic hydroxyl groups is 1. The Morgan fingerprint density at radius 1 is 1.33 bits per heavy atom. The van der Waals surface area contributed by atoms with E-state index < -0.39 is 15.7 Å². The fourth-order valence-electron chi connectivity index (χ4n) is 2.36. The lowest BCUT2D eigenvalue weighted by Crippen LogP contribution is -2.55. The van der Waals surface area contributed by atoms with Crippen LogP contribution in [0.4, 0.5) is 0 Å². The third kappa shape index (κ3) is 4.87. The zero-order chi connectivity index (χ0) is 16.3. The first-order chi connectivity index (χ1) is 9.60. The van der Waals surface area contributed by atoms with Gasteiger partial charge in [-0.15, -0.1) is 0 Å². The summed E-state index contributed by atoms with van der Waals surface area (Å²) in [6.45, 7) is 8.48. The molecule has 21 heavy (non-hydrogen) atoms. The SMILES string of the molecule is CN(C)S(=O)(=O)N(CCN1CCOCC1CO)C(C)(C)C. The van der Waals surface area contributed by atoms with Crippen LogP contribution in [0.1, 0.15) is 20.8 Å². The topological polar surface area (TPSA) is 73.3 Å². The van der Waals surface area contributed by atoms with Crippen LogP contribution in [0.25, 0.3) is 0 Å². The second-order valence-corrected chi connectivity index (χ2v) is 8.55. The predicted molar refractivity (Wildman–Crippen MR) is 82.3 cm³/mol. The summed E-state index contributed by atoms with van der Waals surface area (Å²) < 4.78 is 33.0. The lowest BCUT2D eigenvalue weighted by atomic mass is 10.1. The van der Waals surface area contributed by atoms with Gasteiger partial charge in [-0.1, -0.05) is 0 Å². The van der Waals surface area contributed by atoms with Gasteiger partial charge in [-0.2, -0.15) is 17.0 Å². The molecule has 8 heteroatoms. The van der Waals surface area contributed by atoms with Crippen molar-refractivity contribution in [3.05, 3.63) is 0 Å². The van der Waals surface area contributed by atoms with E-state index in [9.17, 15) is 13.5 Å². The second kappa shape index (κ2) is 7.34. The van der Waals surface area contributed by atoms with Crippen molar-refractivity contribution < 1.29 is 18.3 Å². The molecule has 0 aromatic heterocycles. The minimum atomic E-state index is -3.48. The van der Waals surface area contributed by atoms with Crippen LogP contribution in [0.2, 0.25) is 0 Å². The quantitative estimate of drug-likeness (QED) is 0.719. The number of rotatable bonds is 6. The molecule has 0 amide bonds. The van der Waals surface area contributed by atoms with Crippen LogP contribution in [0.5, 0.6) is 0 Å². The van der Waals surface area contributed by atoms with Gasteiger partial charge in [-0.25, -0.2) is 0 Å². The highest BCUT2D eigenvalue weighted by Gasteiger charge is 2.35. The van der Waals surface area contributed by atoms with Gasteiger partial charge in [0.1, 0.15) is 0 Å². The lowest BCUT2D eigenvalue weighted by molar-refractivity contribution is -0.0297. The Balaban J connectivity index is 2.79. The molecule has 1 fully saturated rings. The van der Waals surface area contributed by atoms with E-state index in [1.54, 1.807) is 14.1 Å². The molecular weight excluding hydrogens is 294 g/mol. The zero-order valence-corrected chi connectivity index (χ0v) is 14.6. The molecule has 126 valence electrons. The summed E-state index contributed by atoms with van der Waals surface area (Å²) in [5.41, 5.74) is -0.496. The molecule has 0 aromatic carbocycles. The highest BCUT2D eigenvalue weighted by Crippen LogP contribution is 2.20. The van der Waals surface area contributed by atoms with Gasteiger partial charge in [0.15, 0.2) is 0 Å². The molecule has 1 aliphatic rings. The molecule has 0 aliphatic carbocycles. The van der Waals surface area contributed by atoms with Crippen molar-refractivity contribution in [2.24, 2.45) is 0 Å². The standard InChI is InChI=1S/C13H29N3O4S/c1-13(2,3)16(21(18,19)14(4)5)7-6-15-8-9-20-11-12(15)10-17/h12,17H,6-11H2,1-5H3. The van der Waals surface area contributed by atoms with Gasteiger partial charge >= 0.3 is 0 Å². The van der Waals surface area contributed by atoms with Crippen LogP contribution in [0.15, 0.2) is 0 Å². The number of aliphatic hydroxyl groups excluding tert-OH is 1. The van der Waals surface area contributed by atoms with Crippen molar-refractivity contribution in [1.29, 1.82) is 0 Å². The van der Waals surface area contributed by atoms with Crippen LogP contribution in [-0.4, -0.2) is 92.2 Å². The van der Waals surface area contributed by atoms with Gasteiger partial charge < -0.3 is 9.84 Å². The first-order valence-corrected chi connectivity index (χ1v) is 8.63. The maximum Gasteiger partial charge on any atom is 0.281 e. The number of morpholine rings is 1. The second-order valence-electron chi connectivity index (χ2n) is 6.48. The third-order valence-electron chi connectivity index (χ3n) is 3.64. The van der Waals surface area contributed by atoms with Crippen molar-refractivity contribution in [3.8, 4) is 0 Å². The first kappa shape index (κ1) is 18.8. The van der Waals surface area contributed by atoms with Gasteiger partial charge in [-0.05, 0) is 20.8 Å². The molecule has 1 aliphatic heterocycles. The largest absolute Gasteiger partial charge is 0.395 e. The number of hydrogen-bond donors (Lipinski definition) is 1. The van der Waals surface area contributed by atoms with E-state index in [2.05, 4.69) is 4.90 Å². The molecule has 1 rings (SSSR count). The van der Waals surface area contributed by atoms with Crippen LogP contribution in [0, 0.1) is 0 Å². The Labute approximate surface area is 128 Å². The summed E-state index contributed by atoms with van der Waals surface area (Å²) in [6, 6.07) is -0.0531. The highest BCUT2D eigenvalue weighted by molar-refractivity contribution is 7.86. The van der Waals surface area contributed by atoms with E-state index in [1.165, 1.54) is 8.61 Å². The number of nitrogens with zero attached hydrogens (tertiary/aromatic N) is 3. The van der Waals surface area contributed by atoms with Gasteiger partial charge in [0.05, 0.1) is 25.9 Å². The summed E-state index contributed by atoms with van der Waals surface area (Å²) in [6.07, 6.45) is 0. The average molecular weight is 323 g/mol. The molecule has 0 bridgehead atoms. The van der Waals surface area contributed by atoms with Crippen molar-refractivity contribution >= 4 is 10.2 Å². The zero-order valence-electron chi connectivity index (χ0n) is 13.7. The van der Waals surface area contributed by atoms with Crippen molar-refractivity contribution in [2.75, 3.05) is 53.6 Å². The van der Waals surface area contributed by atoms with E-state index in [0.29, 0.717) is 32.8 Å². The summed E-state index contributed by atoms with van der Waals surface area (Å²) in [7, 11) is -0.393. The number of hydrogen-bond acceptors (Lipinski definition) is 5. The van der Waals surface area contributed by atoms with Crippen molar-refractivity contribution in [1.82, 2.24) is 13.5 Å². The minimum absolute atomic E-state index is 0.0238. The first-order valence-electron chi connectivity index (χ1n) is 7.23. The van der Waals surface area contributed by atoms with Crippen LogP contribution < -0.4 is 0 Å². The van der Waals surface area contributed by atoms with Crippen LogP contribution in [-0.2, 0) is 14.9 Å². The molecule has 1 saturated heterocycles. The minimum Gasteiger partial charge on any atom is -0.395 e. The average Bonchev–Trinajstić information content (AvgIpc) is 2.37. The normalized spacial score (nSPS) is 22.2. The smallest absolute Gasteiger partial charge is 0.281 e. The van der Waals surface area contributed by atoms with Crippen LogP contribution >= 0.6 is 0 Å². The molecule has 1 atom stereocenters. The summed E-state index contributed by atoms with van der Waals surface area (Å²) in [4.78, 5) is 2.09. The van der Waals surface area contributed by atoms with Crippen LogP contribution in [0.3, 0.4) is 0 Å². The molecule has 0 aromatic rings. The maximum absolute atomic E-state index is 12.5. The highest BCUT2D eigenvalue weighted by atomic mass is 32.2. The molecular formula is C13H29N3O4S. The van der Waals surface area contributed by atoms with Crippen molar-refractivity contribution in [3.63, 3.8) is 0 Å². The Hall–Kier alpha value is -0.250. The van der Waals surface area contributed by atoms with E-state index in [0.717, 1.165) is 0 Å². The fourth-order valence-corrected chi connectivity index (χ4v) is 3.76. The fraction of sp³-hybridized carbons (Fsp3) is 1.00.